The summed E-state index contributed by atoms with van der Waals surface area (Å²) in [5.74, 6) is 2.56. The standard InChI is InChI=1S/C19H30N2O4/c1-23-16-8-6-15(18(24-2)19(16)25-3)7-9-17(22)21-12-10-14-5-4-11-20-13-14/h6,8,14,20H,4-5,7,9-13H2,1-3H3,(H,21,22). The minimum atomic E-state index is 0.0700. The lowest BCUT2D eigenvalue weighted by atomic mass is 9.96. The Bertz CT molecular complexity index is 557. The number of piperidine rings is 1. The van der Waals surface area contributed by atoms with Crippen LogP contribution in [0.5, 0.6) is 17.2 Å². The number of amides is 1. The maximum Gasteiger partial charge on any atom is 0.220 e. The number of nitrogens with one attached hydrogen (secondary N) is 2. The van der Waals surface area contributed by atoms with Gasteiger partial charge in [0.05, 0.1) is 21.3 Å². The molecular weight excluding hydrogens is 320 g/mol. The summed E-state index contributed by atoms with van der Waals surface area (Å²) in [6.07, 6.45) is 4.55. The summed E-state index contributed by atoms with van der Waals surface area (Å²) in [6.45, 7) is 2.93. The second-order valence-electron chi connectivity index (χ2n) is 6.34. The molecule has 1 aliphatic heterocycles. The van der Waals surface area contributed by atoms with Crippen LogP contribution in [0.2, 0.25) is 0 Å². The van der Waals surface area contributed by atoms with Crippen LogP contribution in [-0.2, 0) is 11.2 Å². The number of benzene rings is 1. The number of methoxy groups -OCH3 is 3. The van der Waals surface area contributed by atoms with E-state index in [2.05, 4.69) is 10.6 Å². The molecule has 1 unspecified atom stereocenters. The number of rotatable bonds is 9. The van der Waals surface area contributed by atoms with Crippen molar-refractivity contribution in [1.29, 1.82) is 0 Å². The van der Waals surface area contributed by atoms with Crippen molar-refractivity contribution in [2.75, 3.05) is 41.0 Å². The molecule has 0 aromatic heterocycles. The van der Waals surface area contributed by atoms with Gasteiger partial charge in [0.1, 0.15) is 0 Å². The zero-order chi connectivity index (χ0) is 18.1. The van der Waals surface area contributed by atoms with Gasteiger partial charge in [-0.3, -0.25) is 4.79 Å². The Hall–Kier alpha value is -1.95. The third-order valence-electron chi connectivity index (χ3n) is 4.68. The van der Waals surface area contributed by atoms with E-state index in [1.54, 1.807) is 21.3 Å². The van der Waals surface area contributed by atoms with Gasteiger partial charge in [-0.05, 0) is 56.3 Å². The van der Waals surface area contributed by atoms with E-state index in [4.69, 9.17) is 14.2 Å². The van der Waals surface area contributed by atoms with Gasteiger partial charge < -0.3 is 24.8 Å². The first-order chi connectivity index (χ1) is 12.2. The number of aryl methyl sites for hydroxylation is 1. The number of hydrogen-bond donors (Lipinski definition) is 2. The van der Waals surface area contributed by atoms with Gasteiger partial charge in [-0.25, -0.2) is 0 Å². The molecule has 1 atom stereocenters. The number of carbonyl (C=O) groups is 1. The van der Waals surface area contributed by atoms with Crippen molar-refractivity contribution < 1.29 is 19.0 Å². The average molecular weight is 350 g/mol. The summed E-state index contributed by atoms with van der Waals surface area (Å²) in [5, 5.41) is 6.43. The molecule has 6 heteroatoms. The highest BCUT2D eigenvalue weighted by atomic mass is 16.5. The van der Waals surface area contributed by atoms with E-state index >= 15 is 0 Å². The second kappa shape index (κ2) is 10.1. The van der Waals surface area contributed by atoms with Crippen molar-refractivity contribution in [2.45, 2.75) is 32.1 Å². The molecule has 0 radical (unpaired) electrons. The van der Waals surface area contributed by atoms with Crippen molar-refractivity contribution >= 4 is 5.91 Å². The van der Waals surface area contributed by atoms with Crippen molar-refractivity contribution in [1.82, 2.24) is 10.6 Å². The molecule has 2 rings (SSSR count). The Morgan fingerprint density at radius 1 is 1.20 bits per heavy atom. The van der Waals surface area contributed by atoms with Crippen molar-refractivity contribution in [3.05, 3.63) is 17.7 Å². The molecule has 1 amide bonds. The molecule has 6 nitrogen and oxygen atoms in total. The second-order valence-corrected chi connectivity index (χ2v) is 6.34. The van der Waals surface area contributed by atoms with Gasteiger partial charge in [-0.2, -0.15) is 0 Å². The molecule has 1 heterocycles. The van der Waals surface area contributed by atoms with Crippen LogP contribution in [0.25, 0.3) is 0 Å². The minimum absolute atomic E-state index is 0.0700. The van der Waals surface area contributed by atoms with E-state index in [0.29, 0.717) is 36.0 Å². The van der Waals surface area contributed by atoms with E-state index in [-0.39, 0.29) is 5.91 Å². The van der Waals surface area contributed by atoms with Gasteiger partial charge in [0.25, 0.3) is 0 Å². The molecule has 140 valence electrons. The summed E-state index contributed by atoms with van der Waals surface area (Å²) >= 11 is 0. The van der Waals surface area contributed by atoms with Gasteiger partial charge in [-0.1, -0.05) is 6.07 Å². The average Bonchev–Trinajstić information content (AvgIpc) is 2.66. The third-order valence-corrected chi connectivity index (χ3v) is 4.68. The lowest BCUT2D eigenvalue weighted by Gasteiger charge is -2.22. The first-order valence-corrected chi connectivity index (χ1v) is 8.94. The monoisotopic (exact) mass is 350 g/mol. The molecule has 1 aromatic rings. The van der Waals surface area contributed by atoms with Crippen molar-refractivity contribution in [3.8, 4) is 17.2 Å². The normalized spacial score (nSPS) is 17.0. The Morgan fingerprint density at radius 3 is 2.64 bits per heavy atom. The van der Waals surface area contributed by atoms with Crippen molar-refractivity contribution in [3.63, 3.8) is 0 Å². The lowest BCUT2D eigenvalue weighted by molar-refractivity contribution is -0.121. The fourth-order valence-corrected chi connectivity index (χ4v) is 3.28. The molecule has 0 saturated carbocycles. The highest BCUT2D eigenvalue weighted by molar-refractivity contribution is 5.76. The van der Waals surface area contributed by atoms with Crippen molar-refractivity contribution in [2.24, 2.45) is 5.92 Å². The van der Waals surface area contributed by atoms with Crippen LogP contribution in [0.15, 0.2) is 12.1 Å². The third kappa shape index (κ3) is 5.53. The zero-order valence-corrected chi connectivity index (χ0v) is 15.5. The largest absolute Gasteiger partial charge is 0.493 e. The Labute approximate surface area is 150 Å². The molecule has 25 heavy (non-hydrogen) atoms. The van der Waals surface area contributed by atoms with Crippen LogP contribution in [0.4, 0.5) is 0 Å². The Kier molecular flexibility index (Phi) is 7.85. The SMILES string of the molecule is COc1ccc(CCC(=O)NCCC2CCCNC2)c(OC)c1OC. The summed E-state index contributed by atoms with van der Waals surface area (Å²) in [4.78, 5) is 12.1. The Balaban J connectivity index is 1.82. The van der Waals surface area contributed by atoms with Crippen LogP contribution in [0, 0.1) is 5.92 Å². The van der Waals surface area contributed by atoms with Crippen LogP contribution >= 0.6 is 0 Å². The van der Waals surface area contributed by atoms with E-state index < -0.39 is 0 Å². The van der Waals surface area contributed by atoms with Gasteiger partial charge in [0.15, 0.2) is 11.5 Å². The van der Waals surface area contributed by atoms with E-state index in [1.807, 2.05) is 12.1 Å². The highest BCUT2D eigenvalue weighted by Crippen LogP contribution is 2.40. The molecule has 1 fully saturated rings. The van der Waals surface area contributed by atoms with E-state index in [1.165, 1.54) is 12.8 Å². The zero-order valence-electron chi connectivity index (χ0n) is 15.5. The predicted octanol–water partition coefficient (Wildman–Crippen LogP) is 2.15. The lowest BCUT2D eigenvalue weighted by Crippen LogP contribution is -2.33. The van der Waals surface area contributed by atoms with Crippen LogP contribution in [-0.4, -0.2) is 46.9 Å². The molecule has 1 aromatic carbocycles. The van der Waals surface area contributed by atoms with Gasteiger partial charge in [-0.15, -0.1) is 0 Å². The highest BCUT2D eigenvalue weighted by Gasteiger charge is 2.17. The Morgan fingerprint density at radius 2 is 2.00 bits per heavy atom. The first kappa shape index (κ1) is 19.4. The molecule has 2 N–H and O–H groups in total. The predicted molar refractivity (Wildman–Crippen MR) is 97.6 cm³/mol. The maximum atomic E-state index is 12.1. The first-order valence-electron chi connectivity index (χ1n) is 8.94. The van der Waals surface area contributed by atoms with Crippen LogP contribution in [0.1, 0.15) is 31.2 Å². The molecule has 0 bridgehead atoms. The molecule has 1 aliphatic rings. The van der Waals surface area contributed by atoms with E-state index in [0.717, 1.165) is 31.6 Å². The van der Waals surface area contributed by atoms with Crippen LogP contribution < -0.4 is 24.8 Å². The minimum Gasteiger partial charge on any atom is -0.493 e. The van der Waals surface area contributed by atoms with Crippen LogP contribution in [0.3, 0.4) is 0 Å². The summed E-state index contributed by atoms with van der Waals surface area (Å²) < 4.78 is 16.1. The van der Waals surface area contributed by atoms with E-state index in [9.17, 15) is 4.79 Å². The molecule has 1 saturated heterocycles. The quantitative estimate of drug-likeness (QED) is 0.714. The molecule has 0 spiro atoms. The van der Waals surface area contributed by atoms with Gasteiger partial charge in [0.2, 0.25) is 11.7 Å². The summed E-state index contributed by atoms with van der Waals surface area (Å²) in [5.41, 5.74) is 0.937. The van der Waals surface area contributed by atoms with Gasteiger partial charge >= 0.3 is 0 Å². The number of hydrogen-bond acceptors (Lipinski definition) is 5. The summed E-state index contributed by atoms with van der Waals surface area (Å²) in [6, 6.07) is 3.76. The fraction of sp³-hybridized carbons (Fsp3) is 0.632. The molecular formula is C19H30N2O4. The fourth-order valence-electron chi connectivity index (χ4n) is 3.28. The van der Waals surface area contributed by atoms with Gasteiger partial charge in [0, 0.05) is 13.0 Å². The summed E-state index contributed by atoms with van der Waals surface area (Å²) in [7, 11) is 4.77. The maximum absolute atomic E-state index is 12.1. The number of ether oxygens (including phenoxy) is 3. The smallest absolute Gasteiger partial charge is 0.220 e. The topological polar surface area (TPSA) is 68.8 Å². The number of carbonyl (C=O) groups excluding carboxylic acids is 1. The molecule has 0 aliphatic carbocycles.